The molecule has 0 saturated heterocycles. The highest BCUT2D eigenvalue weighted by Crippen LogP contribution is 2.30. The van der Waals surface area contributed by atoms with E-state index in [4.69, 9.17) is 11.6 Å². The van der Waals surface area contributed by atoms with E-state index in [1.54, 1.807) is 29.6 Å². The zero-order chi connectivity index (χ0) is 19.7. The molecule has 0 saturated carbocycles. The fourth-order valence-electron chi connectivity index (χ4n) is 3.23. The summed E-state index contributed by atoms with van der Waals surface area (Å²) in [6, 6.07) is 16.1. The Morgan fingerprint density at radius 3 is 2.64 bits per heavy atom. The smallest absolute Gasteiger partial charge is 0.267 e. The summed E-state index contributed by atoms with van der Waals surface area (Å²) in [4.78, 5) is 12.9. The van der Waals surface area contributed by atoms with Gasteiger partial charge in [-0.05, 0) is 47.2 Å². The van der Waals surface area contributed by atoms with E-state index in [-0.39, 0.29) is 9.77 Å². The minimum atomic E-state index is -3.78. The van der Waals surface area contributed by atoms with Gasteiger partial charge in [0.15, 0.2) is 0 Å². The maximum absolute atomic E-state index is 13.2. The van der Waals surface area contributed by atoms with Crippen LogP contribution in [-0.4, -0.2) is 25.2 Å². The number of nitrogens with one attached hydrogen (secondary N) is 1. The van der Waals surface area contributed by atoms with Crippen molar-refractivity contribution in [2.24, 2.45) is 0 Å². The molecule has 28 heavy (non-hydrogen) atoms. The molecule has 0 aliphatic carbocycles. The lowest BCUT2D eigenvalue weighted by Gasteiger charge is -2.28. The highest BCUT2D eigenvalue weighted by molar-refractivity contribution is 7.89. The first-order valence-electron chi connectivity index (χ1n) is 8.66. The van der Waals surface area contributed by atoms with Crippen LogP contribution in [0.15, 0.2) is 64.9 Å². The number of anilines is 1. The first-order chi connectivity index (χ1) is 13.4. The summed E-state index contributed by atoms with van der Waals surface area (Å²) in [7, 11) is -3.78. The topological polar surface area (TPSA) is 66.5 Å². The second-order valence-corrected chi connectivity index (χ2v) is 9.69. The SMILES string of the molecule is O=C(Nc1cccc(Cl)c1)c1sccc1S(=O)(=O)N1CCc2ccccc2C1. The van der Waals surface area contributed by atoms with Crippen molar-refractivity contribution in [2.75, 3.05) is 11.9 Å². The minimum Gasteiger partial charge on any atom is -0.321 e. The third-order valence-corrected chi connectivity index (χ3v) is 7.80. The lowest BCUT2D eigenvalue weighted by atomic mass is 10.0. The maximum Gasteiger partial charge on any atom is 0.267 e. The highest BCUT2D eigenvalue weighted by Gasteiger charge is 2.32. The summed E-state index contributed by atoms with van der Waals surface area (Å²) in [5.41, 5.74) is 2.68. The van der Waals surface area contributed by atoms with Crippen LogP contribution in [0.1, 0.15) is 20.8 Å². The van der Waals surface area contributed by atoms with Crippen molar-refractivity contribution in [3.05, 3.63) is 81.0 Å². The number of carbonyl (C=O) groups is 1. The normalized spacial score (nSPS) is 14.5. The molecule has 5 nitrogen and oxygen atoms in total. The Morgan fingerprint density at radius 2 is 1.86 bits per heavy atom. The predicted molar refractivity (Wildman–Crippen MR) is 111 cm³/mol. The number of rotatable bonds is 4. The van der Waals surface area contributed by atoms with E-state index < -0.39 is 15.9 Å². The number of nitrogens with zero attached hydrogens (tertiary/aromatic N) is 1. The van der Waals surface area contributed by atoms with Crippen LogP contribution >= 0.6 is 22.9 Å². The Balaban J connectivity index is 1.60. The Morgan fingerprint density at radius 1 is 1.07 bits per heavy atom. The molecule has 0 unspecified atom stereocenters. The molecule has 0 bridgehead atoms. The van der Waals surface area contributed by atoms with E-state index in [1.807, 2.05) is 24.3 Å². The van der Waals surface area contributed by atoms with Gasteiger partial charge in [0.05, 0.1) is 0 Å². The number of sulfonamides is 1. The number of amides is 1. The van der Waals surface area contributed by atoms with Crippen LogP contribution in [0.25, 0.3) is 0 Å². The van der Waals surface area contributed by atoms with Gasteiger partial charge in [-0.3, -0.25) is 4.79 Å². The second-order valence-electron chi connectivity index (χ2n) is 6.44. The van der Waals surface area contributed by atoms with Gasteiger partial charge in [0.1, 0.15) is 9.77 Å². The Hall–Kier alpha value is -2.19. The van der Waals surface area contributed by atoms with Crippen LogP contribution in [0.4, 0.5) is 5.69 Å². The van der Waals surface area contributed by atoms with Gasteiger partial charge in [0.25, 0.3) is 5.91 Å². The van der Waals surface area contributed by atoms with Gasteiger partial charge in [-0.15, -0.1) is 11.3 Å². The maximum atomic E-state index is 13.2. The summed E-state index contributed by atoms with van der Waals surface area (Å²) < 4.78 is 27.9. The van der Waals surface area contributed by atoms with Crippen LogP contribution in [-0.2, 0) is 23.0 Å². The summed E-state index contributed by atoms with van der Waals surface area (Å²) >= 11 is 7.06. The molecule has 1 aliphatic heterocycles. The van der Waals surface area contributed by atoms with E-state index in [0.717, 1.165) is 22.5 Å². The van der Waals surface area contributed by atoms with E-state index in [1.165, 1.54) is 10.4 Å². The van der Waals surface area contributed by atoms with Gasteiger partial charge in [-0.2, -0.15) is 4.31 Å². The fourth-order valence-corrected chi connectivity index (χ4v) is 6.14. The first-order valence-corrected chi connectivity index (χ1v) is 11.4. The molecule has 2 heterocycles. The first kappa shape index (κ1) is 19.1. The number of benzene rings is 2. The number of halogens is 1. The van der Waals surface area contributed by atoms with E-state index in [0.29, 0.717) is 30.2 Å². The largest absolute Gasteiger partial charge is 0.321 e. The van der Waals surface area contributed by atoms with Crippen LogP contribution in [0.2, 0.25) is 5.02 Å². The van der Waals surface area contributed by atoms with Gasteiger partial charge in [-0.1, -0.05) is 41.9 Å². The van der Waals surface area contributed by atoms with Gasteiger partial charge in [0, 0.05) is 23.8 Å². The molecular weight excluding hydrogens is 416 g/mol. The van der Waals surface area contributed by atoms with Crippen molar-refractivity contribution in [1.29, 1.82) is 0 Å². The molecule has 8 heteroatoms. The second kappa shape index (κ2) is 7.67. The van der Waals surface area contributed by atoms with Crippen molar-refractivity contribution in [3.8, 4) is 0 Å². The molecule has 1 aromatic heterocycles. The molecule has 3 aromatic rings. The van der Waals surface area contributed by atoms with Crippen LogP contribution in [0, 0.1) is 0 Å². The number of carbonyl (C=O) groups excluding carboxylic acids is 1. The zero-order valence-electron chi connectivity index (χ0n) is 14.8. The predicted octanol–water partition coefficient (Wildman–Crippen LogP) is 4.40. The van der Waals surface area contributed by atoms with Crippen molar-refractivity contribution in [2.45, 2.75) is 17.9 Å². The summed E-state index contributed by atoms with van der Waals surface area (Å²) in [6.45, 7) is 0.703. The van der Waals surface area contributed by atoms with Crippen molar-refractivity contribution in [3.63, 3.8) is 0 Å². The Kier molecular flexibility index (Phi) is 5.25. The minimum absolute atomic E-state index is 0.0383. The molecule has 4 rings (SSSR count). The molecular formula is C20H17ClN2O3S2. The zero-order valence-corrected chi connectivity index (χ0v) is 17.2. The van der Waals surface area contributed by atoms with E-state index >= 15 is 0 Å². The number of hydrogen-bond acceptors (Lipinski definition) is 4. The average molecular weight is 433 g/mol. The molecule has 2 aromatic carbocycles. The van der Waals surface area contributed by atoms with Gasteiger partial charge in [0.2, 0.25) is 10.0 Å². The Bertz CT molecular complexity index is 1140. The van der Waals surface area contributed by atoms with E-state index in [2.05, 4.69) is 5.32 Å². The fraction of sp³-hybridized carbons (Fsp3) is 0.150. The number of fused-ring (bicyclic) bond motifs is 1. The molecule has 1 N–H and O–H groups in total. The lowest BCUT2D eigenvalue weighted by molar-refractivity contribution is 0.102. The molecule has 1 amide bonds. The van der Waals surface area contributed by atoms with Crippen LogP contribution in [0.3, 0.4) is 0 Å². The third-order valence-electron chi connectivity index (χ3n) is 4.63. The summed E-state index contributed by atoms with van der Waals surface area (Å²) in [5.74, 6) is -0.465. The number of thiophene rings is 1. The van der Waals surface area contributed by atoms with Crippen molar-refractivity contribution >= 4 is 44.6 Å². The van der Waals surface area contributed by atoms with Gasteiger partial charge < -0.3 is 5.32 Å². The molecule has 0 atom stereocenters. The lowest BCUT2D eigenvalue weighted by Crippen LogP contribution is -2.36. The average Bonchev–Trinajstić information content (AvgIpc) is 3.18. The monoisotopic (exact) mass is 432 g/mol. The molecule has 0 radical (unpaired) electrons. The highest BCUT2D eigenvalue weighted by atomic mass is 35.5. The molecule has 0 fully saturated rings. The van der Waals surface area contributed by atoms with Crippen LogP contribution < -0.4 is 5.32 Å². The Labute approximate surface area is 172 Å². The molecule has 144 valence electrons. The number of hydrogen-bond donors (Lipinski definition) is 1. The van der Waals surface area contributed by atoms with Crippen molar-refractivity contribution < 1.29 is 13.2 Å². The third kappa shape index (κ3) is 3.71. The quantitative estimate of drug-likeness (QED) is 0.664. The summed E-state index contributed by atoms with van der Waals surface area (Å²) in [6.07, 6.45) is 0.656. The van der Waals surface area contributed by atoms with Gasteiger partial charge >= 0.3 is 0 Å². The van der Waals surface area contributed by atoms with E-state index in [9.17, 15) is 13.2 Å². The summed E-state index contributed by atoms with van der Waals surface area (Å²) in [5, 5.41) is 4.83. The van der Waals surface area contributed by atoms with Gasteiger partial charge in [-0.25, -0.2) is 8.42 Å². The standard InChI is InChI=1S/C20H17ClN2O3S2/c21-16-6-3-7-17(12-16)22-20(24)19-18(9-11-27-19)28(25,26)23-10-8-14-4-1-2-5-15(14)13-23/h1-7,9,11-12H,8,10,13H2,(H,22,24). The molecule has 1 aliphatic rings. The van der Waals surface area contributed by atoms with Crippen LogP contribution in [0.5, 0.6) is 0 Å². The van der Waals surface area contributed by atoms with Crippen molar-refractivity contribution in [1.82, 2.24) is 4.31 Å². The molecule has 0 spiro atoms.